The largest absolute Gasteiger partial charge is 0.328 e. The first-order chi connectivity index (χ1) is 11.2. The molecule has 0 aromatic carbocycles. The Hall–Kier alpha value is -2.03. The SMILES string of the molecule is C[C@@H](NC(=O)Nc1nc2c(s1)CCCC2)c1nnnn1C1CC1. The van der Waals surface area contributed by atoms with E-state index in [4.69, 9.17) is 0 Å². The standard InChI is InChI=1S/C14H19N7OS/c1-8(12-18-19-20-21(12)9-6-7-9)15-13(22)17-14-16-10-4-2-3-5-11(10)23-14/h8-9H,2-7H2,1H3,(H2,15,16,17,22)/t8-/m1/s1. The lowest BCUT2D eigenvalue weighted by Crippen LogP contribution is -2.32. The average molecular weight is 333 g/mol. The van der Waals surface area contributed by atoms with Crippen LogP contribution in [0.5, 0.6) is 0 Å². The molecule has 0 spiro atoms. The molecule has 0 radical (unpaired) electrons. The Labute approximate surface area is 137 Å². The number of urea groups is 1. The molecule has 4 rings (SSSR count). The summed E-state index contributed by atoms with van der Waals surface area (Å²) in [4.78, 5) is 18.0. The molecule has 1 atom stereocenters. The van der Waals surface area contributed by atoms with Crippen molar-refractivity contribution >= 4 is 22.5 Å². The molecule has 2 aromatic rings. The zero-order valence-electron chi connectivity index (χ0n) is 12.9. The van der Waals surface area contributed by atoms with Gasteiger partial charge in [0.2, 0.25) is 0 Å². The molecule has 2 N–H and O–H groups in total. The minimum atomic E-state index is -0.269. The molecule has 2 heterocycles. The Kier molecular flexibility index (Phi) is 3.72. The molecule has 23 heavy (non-hydrogen) atoms. The van der Waals surface area contributed by atoms with Gasteiger partial charge in [-0.3, -0.25) is 5.32 Å². The molecular formula is C14H19N7OS. The molecule has 0 aliphatic heterocycles. The first kappa shape index (κ1) is 14.6. The van der Waals surface area contributed by atoms with Crippen LogP contribution in [0.15, 0.2) is 0 Å². The summed E-state index contributed by atoms with van der Waals surface area (Å²) >= 11 is 1.58. The number of tetrazole rings is 1. The fourth-order valence-corrected chi connectivity index (χ4v) is 3.91. The van der Waals surface area contributed by atoms with Gasteiger partial charge in [-0.25, -0.2) is 14.5 Å². The van der Waals surface area contributed by atoms with Crippen molar-refractivity contribution < 1.29 is 4.79 Å². The fourth-order valence-electron chi connectivity index (χ4n) is 2.86. The number of amides is 2. The number of aromatic nitrogens is 5. The molecule has 8 nitrogen and oxygen atoms in total. The van der Waals surface area contributed by atoms with E-state index in [1.807, 2.05) is 11.6 Å². The van der Waals surface area contributed by atoms with E-state index in [9.17, 15) is 4.79 Å². The van der Waals surface area contributed by atoms with Gasteiger partial charge in [0.15, 0.2) is 11.0 Å². The van der Waals surface area contributed by atoms with Crippen LogP contribution in [0.4, 0.5) is 9.93 Å². The second-order valence-corrected chi connectivity index (χ2v) is 7.21. The van der Waals surface area contributed by atoms with Crippen molar-refractivity contribution in [1.29, 1.82) is 0 Å². The van der Waals surface area contributed by atoms with Crippen molar-refractivity contribution in [2.45, 2.75) is 57.5 Å². The Morgan fingerprint density at radius 2 is 2.17 bits per heavy atom. The van der Waals surface area contributed by atoms with Crippen LogP contribution < -0.4 is 10.6 Å². The van der Waals surface area contributed by atoms with E-state index in [1.54, 1.807) is 11.3 Å². The molecule has 122 valence electrons. The number of fused-ring (bicyclic) bond motifs is 1. The van der Waals surface area contributed by atoms with Crippen LogP contribution in [0.2, 0.25) is 0 Å². The van der Waals surface area contributed by atoms with E-state index >= 15 is 0 Å². The van der Waals surface area contributed by atoms with Gasteiger partial charge in [0.25, 0.3) is 0 Å². The summed E-state index contributed by atoms with van der Waals surface area (Å²) in [6.07, 6.45) is 6.68. The highest BCUT2D eigenvalue weighted by Crippen LogP contribution is 2.35. The second kappa shape index (κ2) is 5.88. The lowest BCUT2D eigenvalue weighted by molar-refractivity contribution is 0.248. The number of nitrogens with one attached hydrogen (secondary N) is 2. The number of anilines is 1. The third kappa shape index (κ3) is 3.05. The molecule has 2 aromatic heterocycles. The minimum absolute atomic E-state index is 0.250. The molecule has 2 aliphatic rings. The van der Waals surface area contributed by atoms with Gasteiger partial charge in [-0.2, -0.15) is 0 Å². The summed E-state index contributed by atoms with van der Waals surface area (Å²) in [5.74, 6) is 0.695. The Balaban J connectivity index is 1.39. The summed E-state index contributed by atoms with van der Waals surface area (Å²) < 4.78 is 1.81. The number of carbonyl (C=O) groups is 1. The van der Waals surface area contributed by atoms with Crippen LogP contribution in [-0.2, 0) is 12.8 Å². The third-order valence-electron chi connectivity index (χ3n) is 4.21. The van der Waals surface area contributed by atoms with Crippen molar-refractivity contribution in [3.8, 4) is 0 Å². The number of hydrogen-bond acceptors (Lipinski definition) is 6. The number of rotatable bonds is 4. The van der Waals surface area contributed by atoms with Gasteiger partial charge in [-0.05, 0) is 55.9 Å². The van der Waals surface area contributed by atoms with Crippen molar-refractivity contribution in [3.05, 3.63) is 16.4 Å². The zero-order chi connectivity index (χ0) is 15.8. The lowest BCUT2D eigenvalue weighted by atomic mass is 10.0. The van der Waals surface area contributed by atoms with Crippen molar-refractivity contribution in [1.82, 2.24) is 30.5 Å². The molecule has 0 saturated heterocycles. The normalized spacial score (nSPS) is 18.3. The predicted molar refractivity (Wildman–Crippen MR) is 85.4 cm³/mol. The van der Waals surface area contributed by atoms with Gasteiger partial charge in [-0.1, -0.05) is 0 Å². The first-order valence-electron chi connectivity index (χ1n) is 8.04. The number of aryl methyl sites for hydroxylation is 2. The molecule has 0 bridgehead atoms. The van der Waals surface area contributed by atoms with Gasteiger partial charge in [0, 0.05) is 4.88 Å². The van der Waals surface area contributed by atoms with Crippen LogP contribution in [0, 0.1) is 0 Å². The summed E-state index contributed by atoms with van der Waals surface area (Å²) in [5, 5.41) is 18.2. The third-order valence-corrected chi connectivity index (χ3v) is 5.28. The van der Waals surface area contributed by atoms with E-state index in [1.165, 1.54) is 17.7 Å². The number of carbonyl (C=O) groups excluding carboxylic acids is 1. The quantitative estimate of drug-likeness (QED) is 0.894. The summed E-state index contributed by atoms with van der Waals surface area (Å²) in [6, 6.07) is -0.132. The molecule has 2 aliphatic carbocycles. The van der Waals surface area contributed by atoms with Gasteiger partial charge < -0.3 is 5.32 Å². The van der Waals surface area contributed by atoms with Crippen LogP contribution in [0.1, 0.15) is 61.1 Å². The maximum atomic E-state index is 12.2. The molecular weight excluding hydrogens is 314 g/mol. The summed E-state index contributed by atoms with van der Waals surface area (Å²) in [5.41, 5.74) is 1.14. The lowest BCUT2D eigenvalue weighted by Gasteiger charge is -2.13. The van der Waals surface area contributed by atoms with Crippen LogP contribution in [-0.4, -0.2) is 31.2 Å². The average Bonchev–Trinajstić information content (AvgIpc) is 3.10. The number of hydrogen-bond donors (Lipinski definition) is 2. The smallest absolute Gasteiger partial charge is 0.321 e. The Morgan fingerprint density at radius 1 is 1.35 bits per heavy atom. The monoisotopic (exact) mass is 333 g/mol. The first-order valence-corrected chi connectivity index (χ1v) is 8.86. The molecule has 9 heteroatoms. The van der Waals surface area contributed by atoms with Crippen molar-refractivity contribution in [2.24, 2.45) is 0 Å². The van der Waals surface area contributed by atoms with Crippen molar-refractivity contribution in [2.75, 3.05) is 5.32 Å². The fraction of sp³-hybridized carbons (Fsp3) is 0.643. The topological polar surface area (TPSA) is 97.6 Å². The minimum Gasteiger partial charge on any atom is -0.328 e. The second-order valence-electron chi connectivity index (χ2n) is 6.13. The van der Waals surface area contributed by atoms with Crippen molar-refractivity contribution in [3.63, 3.8) is 0 Å². The Bertz CT molecular complexity index is 697. The van der Waals surface area contributed by atoms with Crippen LogP contribution in [0.3, 0.4) is 0 Å². The van der Waals surface area contributed by atoms with Gasteiger partial charge in [0.1, 0.15) is 0 Å². The van der Waals surface area contributed by atoms with Crippen LogP contribution >= 0.6 is 11.3 Å². The zero-order valence-corrected chi connectivity index (χ0v) is 13.8. The highest BCUT2D eigenvalue weighted by molar-refractivity contribution is 7.15. The maximum Gasteiger partial charge on any atom is 0.321 e. The van der Waals surface area contributed by atoms with Gasteiger partial charge >= 0.3 is 6.03 Å². The molecule has 1 fully saturated rings. The van der Waals surface area contributed by atoms with Gasteiger partial charge in [-0.15, -0.1) is 16.4 Å². The highest BCUT2D eigenvalue weighted by atomic mass is 32.1. The summed E-state index contributed by atoms with van der Waals surface area (Å²) in [6.45, 7) is 1.89. The number of nitrogens with zero attached hydrogens (tertiary/aromatic N) is 5. The van der Waals surface area contributed by atoms with E-state index in [2.05, 4.69) is 31.1 Å². The molecule has 0 unspecified atom stereocenters. The molecule has 2 amide bonds. The van der Waals surface area contributed by atoms with Crippen LogP contribution in [0.25, 0.3) is 0 Å². The van der Waals surface area contributed by atoms with E-state index < -0.39 is 0 Å². The molecule has 1 saturated carbocycles. The number of thiazole rings is 1. The van der Waals surface area contributed by atoms with Gasteiger partial charge in [0.05, 0.1) is 17.8 Å². The van der Waals surface area contributed by atoms with E-state index in [-0.39, 0.29) is 12.1 Å². The van der Waals surface area contributed by atoms with E-state index in [0.717, 1.165) is 31.4 Å². The Morgan fingerprint density at radius 3 is 2.96 bits per heavy atom. The van der Waals surface area contributed by atoms with E-state index in [0.29, 0.717) is 17.0 Å². The predicted octanol–water partition coefficient (Wildman–Crippen LogP) is 2.23. The summed E-state index contributed by atoms with van der Waals surface area (Å²) in [7, 11) is 0. The highest BCUT2D eigenvalue weighted by Gasteiger charge is 2.30. The maximum absolute atomic E-state index is 12.2.